The molecular weight excluding hydrogens is 649 g/mol. The zero-order valence-corrected chi connectivity index (χ0v) is 30.4. The van der Waals surface area contributed by atoms with Gasteiger partial charge in [-0.3, -0.25) is 0 Å². The van der Waals surface area contributed by atoms with Crippen LogP contribution in [-0.2, 0) is 0 Å². The van der Waals surface area contributed by atoms with Gasteiger partial charge < -0.3 is 10.6 Å². The molecule has 0 spiro atoms. The van der Waals surface area contributed by atoms with E-state index in [2.05, 4.69) is 109 Å². The first kappa shape index (κ1) is 35.7. The number of fused-ring (bicyclic) bond motifs is 3. The summed E-state index contributed by atoms with van der Waals surface area (Å²) in [6, 6.07) is 52.8. The van der Waals surface area contributed by atoms with Crippen LogP contribution in [-0.4, -0.2) is 0 Å². The molecule has 0 fully saturated rings. The Hall–Kier alpha value is -6.16. The third-order valence-corrected chi connectivity index (χ3v) is 9.73. The van der Waals surface area contributed by atoms with Crippen molar-refractivity contribution in [2.45, 2.75) is 19.8 Å². The van der Waals surface area contributed by atoms with Gasteiger partial charge in [0.1, 0.15) is 0 Å². The van der Waals surface area contributed by atoms with Gasteiger partial charge in [-0.15, -0.1) is 11.3 Å². The fourth-order valence-electron chi connectivity index (χ4n) is 5.98. The highest BCUT2D eigenvalue weighted by Gasteiger charge is 2.12. The number of anilines is 3. The molecule has 2 nitrogen and oxygen atoms in total. The molecule has 0 atom stereocenters. The first-order valence-electron chi connectivity index (χ1n) is 17.8. The molecule has 0 amide bonds. The molecule has 0 saturated heterocycles. The van der Waals surface area contributed by atoms with Crippen molar-refractivity contribution in [2.24, 2.45) is 0 Å². The summed E-state index contributed by atoms with van der Waals surface area (Å²) in [5.74, 6) is 0. The standard InChI is InChI=1S/C37H33NS.C12H11N/c1-3-13-29(14-4-2)31-22-25-36-35(27-31)34-19-12-18-33(37(34)39-36)30-20-23-32(24-21-30)38-26-11-6-5-8-15-28-16-9-7-10-17-28;1-3-7-11(8-4-1)13-12-9-5-2-6-10-12/h3,5-13,15-27,38H,1,4,14H2,2H3;1-10,13H/b6-5-,15-8-,26-11+,29-13+;. The fourth-order valence-corrected chi connectivity index (χ4v) is 7.19. The zero-order chi connectivity index (χ0) is 35.8. The molecule has 0 aliphatic carbocycles. The van der Waals surface area contributed by atoms with Gasteiger partial charge >= 0.3 is 0 Å². The molecule has 2 N–H and O–H groups in total. The lowest BCUT2D eigenvalue weighted by molar-refractivity contribution is 0.974. The lowest BCUT2D eigenvalue weighted by atomic mass is 9.98. The third-order valence-electron chi connectivity index (χ3n) is 8.51. The second-order valence-electron chi connectivity index (χ2n) is 12.3. The number of rotatable bonds is 12. The Morgan fingerprint density at radius 2 is 1.31 bits per heavy atom. The molecule has 0 aliphatic heterocycles. The Bertz CT molecular complexity index is 2260. The summed E-state index contributed by atoms with van der Waals surface area (Å²) < 4.78 is 2.66. The largest absolute Gasteiger partial charge is 0.362 e. The van der Waals surface area contributed by atoms with Crippen LogP contribution in [0.2, 0.25) is 0 Å². The summed E-state index contributed by atoms with van der Waals surface area (Å²) in [4.78, 5) is 0. The summed E-state index contributed by atoms with van der Waals surface area (Å²) >= 11 is 1.88. The van der Waals surface area contributed by atoms with Gasteiger partial charge in [-0.05, 0) is 88.9 Å². The van der Waals surface area contributed by atoms with Gasteiger partial charge in [0.15, 0.2) is 0 Å². The number of hydrogen-bond donors (Lipinski definition) is 2. The van der Waals surface area contributed by atoms with Crippen LogP contribution < -0.4 is 10.6 Å². The molecule has 52 heavy (non-hydrogen) atoms. The van der Waals surface area contributed by atoms with Crippen LogP contribution in [0.15, 0.2) is 201 Å². The maximum Gasteiger partial charge on any atom is 0.0433 e. The second kappa shape index (κ2) is 18.7. The Balaban J connectivity index is 0.000000299. The minimum atomic E-state index is 1.06. The van der Waals surface area contributed by atoms with Gasteiger partial charge in [-0.1, -0.05) is 160 Å². The fraction of sp³-hybridized carbons (Fsp3) is 0.0612. The van der Waals surface area contributed by atoms with E-state index in [1.807, 2.05) is 127 Å². The Morgan fingerprint density at radius 1 is 0.635 bits per heavy atom. The Kier molecular flexibility index (Phi) is 12.8. The summed E-state index contributed by atoms with van der Waals surface area (Å²) in [5.41, 5.74) is 9.64. The Morgan fingerprint density at radius 3 is 1.98 bits per heavy atom. The van der Waals surface area contributed by atoms with E-state index in [9.17, 15) is 0 Å². The number of hydrogen-bond acceptors (Lipinski definition) is 3. The van der Waals surface area contributed by atoms with Crippen LogP contribution in [0.25, 0.3) is 42.9 Å². The lowest BCUT2D eigenvalue weighted by Gasteiger charge is -2.07. The van der Waals surface area contributed by atoms with E-state index in [1.165, 1.54) is 48.0 Å². The molecule has 7 rings (SSSR count). The topological polar surface area (TPSA) is 24.1 Å². The van der Waals surface area contributed by atoms with Crippen molar-refractivity contribution in [3.8, 4) is 11.1 Å². The van der Waals surface area contributed by atoms with Crippen LogP contribution in [0.1, 0.15) is 30.9 Å². The van der Waals surface area contributed by atoms with Gasteiger partial charge in [0.2, 0.25) is 0 Å². The van der Waals surface area contributed by atoms with Crippen molar-refractivity contribution in [1.29, 1.82) is 0 Å². The van der Waals surface area contributed by atoms with E-state index >= 15 is 0 Å². The van der Waals surface area contributed by atoms with E-state index < -0.39 is 0 Å². The van der Waals surface area contributed by atoms with Gasteiger partial charge in [0.25, 0.3) is 0 Å². The lowest BCUT2D eigenvalue weighted by Crippen LogP contribution is -1.87. The molecule has 0 saturated carbocycles. The highest BCUT2D eigenvalue weighted by molar-refractivity contribution is 7.26. The van der Waals surface area contributed by atoms with Crippen LogP contribution in [0.3, 0.4) is 0 Å². The van der Waals surface area contributed by atoms with Crippen molar-refractivity contribution in [3.05, 3.63) is 212 Å². The molecular formula is C49H44N2S. The predicted octanol–water partition coefficient (Wildman–Crippen LogP) is 14.7. The second-order valence-corrected chi connectivity index (χ2v) is 13.3. The first-order valence-corrected chi connectivity index (χ1v) is 18.6. The molecule has 6 aromatic carbocycles. The van der Waals surface area contributed by atoms with Gasteiger partial charge in [-0.25, -0.2) is 0 Å². The molecule has 1 heterocycles. The number of benzene rings is 6. The van der Waals surface area contributed by atoms with Crippen LogP contribution in [0.4, 0.5) is 17.1 Å². The number of para-hydroxylation sites is 2. The SMILES string of the molecule is C=C/C=C(\CCC)c1ccc2sc3c(-c4ccc(N/C=C/C=C\C=C/c5ccccc5)cc4)cccc3c2c1.c1ccc(Nc2ccccc2)cc1. The summed E-state index contributed by atoms with van der Waals surface area (Å²) in [7, 11) is 0. The predicted molar refractivity (Wildman–Crippen MR) is 231 cm³/mol. The maximum atomic E-state index is 3.91. The van der Waals surface area contributed by atoms with Gasteiger partial charge in [0, 0.05) is 43.4 Å². The summed E-state index contributed by atoms with van der Waals surface area (Å²) in [6.07, 6.45) is 18.4. The molecule has 0 bridgehead atoms. The van der Waals surface area contributed by atoms with Crippen molar-refractivity contribution < 1.29 is 0 Å². The molecule has 0 aliphatic rings. The highest BCUT2D eigenvalue weighted by atomic mass is 32.1. The number of allylic oxidation sites excluding steroid dienone is 7. The van der Waals surface area contributed by atoms with Crippen LogP contribution in [0.5, 0.6) is 0 Å². The van der Waals surface area contributed by atoms with E-state index in [0.29, 0.717) is 0 Å². The number of nitrogens with one attached hydrogen (secondary N) is 2. The molecule has 0 unspecified atom stereocenters. The maximum absolute atomic E-state index is 3.91. The average molecular weight is 693 g/mol. The minimum absolute atomic E-state index is 1.06. The average Bonchev–Trinajstić information content (AvgIpc) is 3.57. The smallest absolute Gasteiger partial charge is 0.0433 e. The van der Waals surface area contributed by atoms with Crippen LogP contribution in [0, 0.1) is 0 Å². The quantitative estimate of drug-likeness (QED) is 0.125. The molecule has 0 radical (unpaired) electrons. The van der Waals surface area contributed by atoms with Gasteiger partial charge in [-0.2, -0.15) is 0 Å². The molecule has 256 valence electrons. The summed E-state index contributed by atoms with van der Waals surface area (Å²) in [5, 5.41) is 9.32. The third kappa shape index (κ3) is 9.75. The van der Waals surface area contributed by atoms with Gasteiger partial charge in [0.05, 0.1) is 0 Å². The first-order chi connectivity index (χ1) is 25.7. The van der Waals surface area contributed by atoms with Crippen LogP contribution >= 0.6 is 11.3 Å². The zero-order valence-electron chi connectivity index (χ0n) is 29.6. The minimum Gasteiger partial charge on any atom is -0.362 e. The molecule has 3 heteroatoms. The normalized spacial score (nSPS) is 11.7. The molecule has 1 aromatic heterocycles. The van der Waals surface area contributed by atoms with Crippen molar-refractivity contribution in [2.75, 3.05) is 10.6 Å². The highest BCUT2D eigenvalue weighted by Crippen LogP contribution is 2.41. The monoisotopic (exact) mass is 692 g/mol. The van der Waals surface area contributed by atoms with Crippen molar-refractivity contribution in [3.63, 3.8) is 0 Å². The van der Waals surface area contributed by atoms with Crippen molar-refractivity contribution in [1.82, 2.24) is 0 Å². The van der Waals surface area contributed by atoms with Crippen molar-refractivity contribution >= 4 is 60.2 Å². The molecule has 7 aromatic rings. The number of thiophene rings is 1. The van der Waals surface area contributed by atoms with E-state index in [0.717, 1.165) is 29.9 Å². The Labute approximate surface area is 312 Å². The van der Waals surface area contributed by atoms with E-state index in [1.54, 1.807) is 0 Å². The summed E-state index contributed by atoms with van der Waals surface area (Å²) in [6.45, 7) is 6.14. The van der Waals surface area contributed by atoms with E-state index in [-0.39, 0.29) is 0 Å². The van der Waals surface area contributed by atoms with E-state index in [4.69, 9.17) is 0 Å².